The van der Waals surface area contributed by atoms with E-state index >= 15 is 0 Å². The van der Waals surface area contributed by atoms with Gasteiger partial charge in [-0.25, -0.2) is 4.79 Å². The molecular formula is C21H30O8. The lowest BCUT2D eigenvalue weighted by Crippen LogP contribution is -2.61. The molecule has 0 radical (unpaired) electrons. The van der Waals surface area contributed by atoms with Crippen LogP contribution in [0.4, 0.5) is 0 Å². The normalized spacial score (nSPS) is 49.9. The van der Waals surface area contributed by atoms with E-state index in [2.05, 4.69) is 12.7 Å². The third-order valence-electron chi connectivity index (χ3n) is 7.33. The van der Waals surface area contributed by atoms with Gasteiger partial charge in [-0.15, -0.1) is 0 Å². The molecule has 0 aromatic heterocycles. The number of esters is 1. The van der Waals surface area contributed by atoms with Crippen LogP contribution in [0.25, 0.3) is 0 Å². The van der Waals surface area contributed by atoms with Crippen LogP contribution < -0.4 is 0 Å². The fourth-order valence-electron chi connectivity index (χ4n) is 5.53. The molecule has 0 aromatic carbocycles. The minimum Gasteiger partial charge on any atom is -0.458 e. The number of carbonyl (C=O) groups is 1. The summed E-state index contributed by atoms with van der Waals surface area (Å²) in [5.74, 6) is -0.460. The zero-order valence-corrected chi connectivity index (χ0v) is 16.7. The second-order valence-corrected chi connectivity index (χ2v) is 8.98. The predicted molar refractivity (Wildman–Crippen MR) is 100 cm³/mol. The molecule has 3 fully saturated rings. The van der Waals surface area contributed by atoms with Crippen LogP contribution in [0.2, 0.25) is 0 Å². The topological polar surface area (TPSA) is 126 Å². The van der Waals surface area contributed by atoms with Gasteiger partial charge in [0.15, 0.2) is 6.29 Å². The van der Waals surface area contributed by atoms with Crippen molar-refractivity contribution in [3.63, 3.8) is 0 Å². The number of aliphatic hydroxyl groups is 4. The maximum absolute atomic E-state index is 12.1. The fourth-order valence-corrected chi connectivity index (χ4v) is 5.53. The van der Waals surface area contributed by atoms with Gasteiger partial charge in [0, 0.05) is 23.3 Å². The largest absolute Gasteiger partial charge is 0.458 e. The van der Waals surface area contributed by atoms with E-state index in [1.54, 1.807) is 0 Å². The van der Waals surface area contributed by atoms with E-state index < -0.39 is 42.9 Å². The number of hydrogen-bond donors (Lipinski definition) is 4. The predicted octanol–water partition coefficient (Wildman–Crippen LogP) is 0.0356. The highest BCUT2D eigenvalue weighted by atomic mass is 16.7. The molecule has 162 valence electrons. The van der Waals surface area contributed by atoms with E-state index in [0.717, 1.165) is 12.0 Å². The second kappa shape index (κ2) is 7.44. The number of carbonyl (C=O) groups excluding carboxylic acids is 1. The Hall–Kier alpha value is -1.29. The lowest BCUT2D eigenvalue weighted by atomic mass is 9.76. The zero-order chi connectivity index (χ0) is 21.1. The Kier molecular flexibility index (Phi) is 5.38. The Morgan fingerprint density at radius 1 is 1.28 bits per heavy atom. The first-order chi connectivity index (χ1) is 13.7. The smallest absolute Gasteiger partial charge is 0.334 e. The maximum atomic E-state index is 12.1. The second-order valence-electron chi connectivity index (χ2n) is 8.98. The third-order valence-corrected chi connectivity index (χ3v) is 7.33. The first kappa shape index (κ1) is 21.0. The van der Waals surface area contributed by atoms with Crippen molar-refractivity contribution < 1.29 is 39.4 Å². The molecule has 0 aromatic rings. The fraction of sp³-hybridized carbons (Fsp3) is 0.762. The van der Waals surface area contributed by atoms with E-state index in [1.807, 2.05) is 13.8 Å². The Labute approximate surface area is 169 Å². The first-order valence-electron chi connectivity index (χ1n) is 10.2. The minimum atomic E-state index is -1.49. The number of fused-ring (bicyclic) bond motifs is 3. The van der Waals surface area contributed by atoms with Crippen LogP contribution in [0.3, 0.4) is 0 Å². The number of rotatable bonds is 3. The Morgan fingerprint density at radius 2 is 2.00 bits per heavy atom. The quantitative estimate of drug-likeness (QED) is 0.292. The number of hydrogen-bond acceptors (Lipinski definition) is 8. The lowest BCUT2D eigenvalue weighted by molar-refractivity contribution is -0.332. The molecule has 10 unspecified atom stereocenters. The van der Waals surface area contributed by atoms with E-state index in [1.165, 1.54) is 0 Å². The molecule has 2 aliphatic carbocycles. The molecule has 1 saturated carbocycles. The molecule has 0 spiro atoms. The van der Waals surface area contributed by atoms with Crippen LogP contribution >= 0.6 is 0 Å². The molecule has 4 rings (SSSR count). The van der Waals surface area contributed by atoms with Gasteiger partial charge in [-0.05, 0) is 33.1 Å². The summed E-state index contributed by atoms with van der Waals surface area (Å²) in [6.07, 6.45) is -2.77. The van der Waals surface area contributed by atoms with Gasteiger partial charge in [-0.2, -0.15) is 0 Å². The number of aliphatic hydroxyl groups excluding tert-OH is 4. The monoisotopic (exact) mass is 410 g/mol. The average Bonchev–Trinajstić information content (AvgIpc) is 3.17. The maximum Gasteiger partial charge on any atom is 0.334 e. The molecule has 4 aliphatic rings. The van der Waals surface area contributed by atoms with Crippen molar-refractivity contribution >= 4 is 5.97 Å². The molecule has 4 N–H and O–H groups in total. The summed E-state index contributed by atoms with van der Waals surface area (Å²) in [6, 6.07) is 0. The zero-order valence-electron chi connectivity index (χ0n) is 16.7. The SMILES string of the molecule is C=C1C(=O)OC2C1CCC(C)(OC1OC(CO)C(O)C(O)C1O)C1CC=C(C)C21. The molecule has 8 heteroatoms. The molecule has 8 nitrogen and oxygen atoms in total. The van der Waals surface area contributed by atoms with Crippen LogP contribution in [-0.2, 0) is 19.0 Å². The molecular weight excluding hydrogens is 380 g/mol. The van der Waals surface area contributed by atoms with Crippen molar-refractivity contribution in [2.75, 3.05) is 6.61 Å². The van der Waals surface area contributed by atoms with Crippen LogP contribution in [0.15, 0.2) is 23.8 Å². The van der Waals surface area contributed by atoms with Gasteiger partial charge in [-0.3, -0.25) is 0 Å². The minimum absolute atomic E-state index is 0.0106. The molecule has 2 heterocycles. The van der Waals surface area contributed by atoms with Gasteiger partial charge in [0.25, 0.3) is 0 Å². The summed E-state index contributed by atoms with van der Waals surface area (Å²) in [6.45, 7) is 7.39. The van der Waals surface area contributed by atoms with Crippen LogP contribution in [0.5, 0.6) is 0 Å². The summed E-state index contributed by atoms with van der Waals surface area (Å²) in [7, 11) is 0. The summed E-state index contributed by atoms with van der Waals surface area (Å²) in [4.78, 5) is 12.1. The molecule has 2 saturated heterocycles. The Balaban J connectivity index is 1.60. The standard InChI is InChI=1S/C21H30O8/c1-9-4-5-12-14(9)18-11(10(2)19(26)28-18)6-7-21(12,3)29-20-17(25)16(24)15(23)13(8-22)27-20/h4,11-18,20,22-25H,2,5-8H2,1,3H3. The summed E-state index contributed by atoms with van der Waals surface area (Å²) in [5.41, 5.74) is 0.896. The van der Waals surface area contributed by atoms with Crippen molar-refractivity contribution in [1.82, 2.24) is 0 Å². The Morgan fingerprint density at radius 3 is 2.69 bits per heavy atom. The van der Waals surface area contributed by atoms with Crippen LogP contribution in [0.1, 0.15) is 33.1 Å². The summed E-state index contributed by atoms with van der Waals surface area (Å²) < 4.78 is 17.6. The van der Waals surface area contributed by atoms with Crippen LogP contribution in [0, 0.1) is 17.8 Å². The van der Waals surface area contributed by atoms with Gasteiger partial charge in [0.05, 0.1) is 12.2 Å². The number of allylic oxidation sites excluding steroid dienone is 1. The van der Waals surface area contributed by atoms with E-state index in [9.17, 15) is 25.2 Å². The van der Waals surface area contributed by atoms with Crippen molar-refractivity contribution in [3.05, 3.63) is 23.8 Å². The number of ether oxygens (including phenoxy) is 3. The van der Waals surface area contributed by atoms with Crippen molar-refractivity contribution in [2.45, 2.75) is 75.5 Å². The summed E-state index contributed by atoms with van der Waals surface area (Å²) in [5, 5.41) is 40.0. The van der Waals surface area contributed by atoms with Crippen molar-refractivity contribution in [3.8, 4) is 0 Å². The van der Waals surface area contributed by atoms with Crippen molar-refractivity contribution in [2.24, 2.45) is 17.8 Å². The molecule has 29 heavy (non-hydrogen) atoms. The van der Waals surface area contributed by atoms with Gasteiger partial charge >= 0.3 is 5.97 Å². The highest BCUT2D eigenvalue weighted by Crippen LogP contribution is 2.53. The molecule has 0 bridgehead atoms. The van der Waals surface area contributed by atoms with E-state index in [0.29, 0.717) is 18.4 Å². The van der Waals surface area contributed by atoms with Gasteiger partial charge < -0.3 is 34.6 Å². The highest BCUT2D eigenvalue weighted by molar-refractivity contribution is 5.90. The lowest BCUT2D eigenvalue weighted by Gasteiger charge is -2.46. The molecule has 2 aliphatic heterocycles. The van der Waals surface area contributed by atoms with Crippen molar-refractivity contribution in [1.29, 1.82) is 0 Å². The third kappa shape index (κ3) is 3.26. The highest BCUT2D eigenvalue weighted by Gasteiger charge is 2.57. The van der Waals surface area contributed by atoms with E-state index in [4.69, 9.17) is 14.2 Å². The average molecular weight is 410 g/mol. The van der Waals surface area contributed by atoms with E-state index in [-0.39, 0.29) is 29.8 Å². The van der Waals surface area contributed by atoms with Gasteiger partial charge in [0.2, 0.25) is 0 Å². The Bertz CT molecular complexity index is 717. The summed E-state index contributed by atoms with van der Waals surface area (Å²) >= 11 is 0. The van der Waals surface area contributed by atoms with Gasteiger partial charge in [-0.1, -0.05) is 18.2 Å². The molecule has 0 amide bonds. The van der Waals surface area contributed by atoms with Gasteiger partial charge in [0.1, 0.15) is 30.5 Å². The molecule has 10 atom stereocenters. The first-order valence-corrected chi connectivity index (χ1v) is 10.2. The van der Waals surface area contributed by atoms with Crippen LogP contribution in [-0.4, -0.2) is 75.4 Å².